The molecule has 17 heavy (non-hydrogen) atoms. The van der Waals surface area contributed by atoms with Crippen LogP contribution in [0.1, 0.15) is 23.6 Å². The van der Waals surface area contributed by atoms with E-state index in [1.54, 1.807) is 0 Å². The van der Waals surface area contributed by atoms with Gasteiger partial charge in [0.05, 0.1) is 6.42 Å². The third kappa shape index (κ3) is 5.30. The highest BCUT2D eigenvalue weighted by molar-refractivity contribution is 7.12. The predicted octanol–water partition coefficient (Wildman–Crippen LogP) is 1.48. The van der Waals surface area contributed by atoms with Crippen molar-refractivity contribution in [3.05, 3.63) is 21.9 Å². The lowest BCUT2D eigenvalue weighted by Gasteiger charge is -2.21. The minimum absolute atomic E-state index is 0.0901. The number of carboxylic acid groups (broad SMARTS) is 1. The molecule has 1 rings (SSSR count). The molecule has 0 unspecified atom stereocenters. The molecule has 0 aliphatic carbocycles. The van der Waals surface area contributed by atoms with Crippen molar-refractivity contribution in [2.75, 3.05) is 13.2 Å². The van der Waals surface area contributed by atoms with E-state index in [2.05, 4.69) is 5.32 Å². The van der Waals surface area contributed by atoms with Crippen molar-refractivity contribution >= 4 is 17.3 Å². The third-order valence-electron chi connectivity index (χ3n) is 2.37. The molecule has 1 aromatic heterocycles. The van der Waals surface area contributed by atoms with Gasteiger partial charge in [0, 0.05) is 34.9 Å². The molecule has 0 radical (unpaired) electrons. The number of aliphatic hydroxyl groups excluding tert-OH is 1. The summed E-state index contributed by atoms with van der Waals surface area (Å²) in [6.45, 7) is 5.58. The van der Waals surface area contributed by atoms with E-state index in [-0.39, 0.29) is 18.4 Å². The summed E-state index contributed by atoms with van der Waals surface area (Å²) in [4.78, 5) is 12.5. The Morgan fingerprint density at radius 2 is 2.06 bits per heavy atom. The topological polar surface area (TPSA) is 69.6 Å². The molecule has 0 amide bonds. The number of rotatable bonds is 7. The van der Waals surface area contributed by atoms with Crippen molar-refractivity contribution in [2.45, 2.75) is 26.8 Å². The third-order valence-corrected chi connectivity index (χ3v) is 3.46. The maximum atomic E-state index is 10.5. The van der Waals surface area contributed by atoms with Crippen molar-refractivity contribution in [1.82, 2.24) is 5.32 Å². The second-order valence-electron chi connectivity index (χ2n) is 4.86. The zero-order valence-corrected chi connectivity index (χ0v) is 11.0. The minimum Gasteiger partial charge on any atom is -0.481 e. The number of carbonyl (C=O) groups is 1. The van der Waals surface area contributed by atoms with Crippen LogP contribution in [0.4, 0.5) is 0 Å². The quantitative estimate of drug-likeness (QED) is 0.692. The van der Waals surface area contributed by atoms with Gasteiger partial charge in [-0.3, -0.25) is 4.79 Å². The fourth-order valence-corrected chi connectivity index (χ4v) is 2.32. The Bertz CT molecular complexity index is 374. The van der Waals surface area contributed by atoms with E-state index < -0.39 is 5.97 Å². The molecule has 0 aromatic carbocycles. The number of hydrogen-bond acceptors (Lipinski definition) is 4. The van der Waals surface area contributed by atoms with Crippen molar-refractivity contribution in [2.24, 2.45) is 5.41 Å². The van der Waals surface area contributed by atoms with Gasteiger partial charge >= 0.3 is 5.97 Å². The van der Waals surface area contributed by atoms with Crippen LogP contribution in [0, 0.1) is 5.41 Å². The molecule has 0 bridgehead atoms. The fourth-order valence-electron chi connectivity index (χ4n) is 1.34. The van der Waals surface area contributed by atoms with E-state index >= 15 is 0 Å². The summed E-state index contributed by atoms with van der Waals surface area (Å²) in [5, 5.41) is 21.0. The lowest BCUT2D eigenvalue weighted by atomic mass is 9.95. The number of aliphatic carboxylic acids is 1. The van der Waals surface area contributed by atoms with Crippen LogP contribution in [0.5, 0.6) is 0 Å². The first-order chi connectivity index (χ1) is 7.93. The second-order valence-corrected chi connectivity index (χ2v) is 6.12. The molecular weight excluding hydrogens is 238 g/mol. The average Bonchev–Trinajstić information content (AvgIpc) is 2.64. The molecule has 96 valence electrons. The maximum Gasteiger partial charge on any atom is 0.308 e. The molecule has 0 spiro atoms. The van der Waals surface area contributed by atoms with Gasteiger partial charge in [-0.25, -0.2) is 0 Å². The van der Waals surface area contributed by atoms with Gasteiger partial charge in [-0.2, -0.15) is 0 Å². The van der Waals surface area contributed by atoms with Gasteiger partial charge in [0.1, 0.15) is 0 Å². The van der Waals surface area contributed by atoms with Crippen molar-refractivity contribution in [1.29, 1.82) is 0 Å². The van der Waals surface area contributed by atoms with E-state index in [1.165, 1.54) is 11.3 Å². The Hall–Kier alpha value is -0.910. The smallest absolute Gasteiger partial charge is 0.308 e. The molecule has 3 N–H and O–H groups in total. The Balaban J connectivity index is 2.37. The Morgan fingerprint density at radius 3 is 2.65 bits per heavy atom. The van der Waals surface area contributed by atoms with Crippen LogP contribution in [-0.2, 0) is 17.8 Å². The van der Waals surface area contributed by atoms with Crippen molar-refractivity contribution < 1.29 is 15.0 Å². The monoisotopic (exact) mass is 257 g/mol. The molecule has 0 aliphatic rings. The Kier molecular flexibility index (Phi) is 5.11. The molecule has 0 saturated carbocycles. The summed E-state index contributed by atoms with van der Waals surface area (Å²) in [5.41, 5.74) is -0.124. The van der Waals surface area contributed by atoms with Gasteiger partial charge in [0.15, 0.2) is 0 Å². The van der Waals surface area contributed by atoms with Crippen molar-refractivity contribution in [3.63, 3.8) is 0 Å². The molecule has 4 nitrogen and oxygen atoms in total. The molecule has 1 aromatic rings. The summed E-state index contributed by atoms with van der Waals surface area (Å²) in [6, 6.07) is 3.80. The number of thiophene rings is 1. The molecule has 5 heteroatoms. The number of aliphatic hydroxyl groups is 1. The highest BCUT2D eigenvalue weighted by Gasteiger charge is 2.15. The first kappa shape index (κ1) is 14.2. The summed E-state index contributed by atoms with van der Waals surface area (Å²) in [5.74, 6) is -0.798. The summed E-state index contributed by atoms with van der Waals surface area (Å²) < 4.78 is 0. The molecule has 0 aliphatic heterocycles. The van der Waals surface area contributed by atoms with Gasteiger partial charge in [0.25, 0.3) is 0 Å². The number of nitrogens with one attached hydrogen (secondary N) is 1. The SMILES string of the molecule is CC(C)(CO)CNCc1ccc(CC(=O)O)s1. The Morgan fingerprint density at radius 1 is 1.41 bits per heavy atom. The van der Waals surface area contributed by atoms with E-state index in [0.717, 1.165) is 16.3 Å². The minimum atomic E-state index is -0.798. The molecule has 0 fully saturated rings. The van der Waals surface area contributed by atoms with Crippen LogP contribution < -0.4 is 5.32 Å². The van der Waals surface area contributed by atoms with Crippen LogP contribution in [0.2, 0.25) is 0 Å². The largest absolute Gasteiger partial charge is 0.481 e. The van der Waals surface area contributed by atoms with Crippen molar-refractivity contribution in [3.8, 4) is 0 Å². The van der Waals surface area contributed by atoms with Crippen LogP contribution in [-0.4, -0.2) is 29.3 Å². The molecule has 0 atom stereocenters. The van der Waals surface area contributed by atoms with Crippen LogP contribution in [0.15, 0.2) is 12.1 Å². The summed E-state index contributed by atoms with van der Waals surface area (Å²) in [6.07, 6.45) is 0.0901. The van der Waals surface area contributed by atoms with E-state index in [4.69, 9.17) is 10.2 Å². The highest BCUT2D eigenvalue weighted by Crippen LogP contribution is 2.18. The van der Waals surface area contributed by atoms with Crippen LogP contribution >= 0.6 is 11.3 Å². The Labute approximate surface area is 105 Å². The second kappa shape index (κ2) is 6.14. The normalized spacial score (nSPS) is 11.7. The van der Waals surface area contributed by atoms with Gasteiger partial charge < -0.3 is 15.5 Å². The highest BCUT2D eigenvalue weighted by atomic mass is 32.1. The summed E-state index contributed by atoms with van der Waals surface area (Å²) in [7, 11) is 0. The standard InChI is InChI=1S/C12H19NO3S/c1-12(2,8-14)7-13-6-10-4-3-9(17-10)5-11(15)16/h3-4,13-14H,5-8H2,1-2H3,(H,15,16). The van der Waals surface area contributed by atoms with E-state index in [9.17, 15) is 4.79 Å². The molecule has 1 heterocycles. The van der Waals surface area contributed by atoms with E-state index in [1.807, 2.05) is 26.0 Å². The molecular formula is C12H19NO3S. The van der Waals surface area contributed by atoms with E-state index in [0.29, 0.717) is 6.54 Å². The first-order valence-electron chi connectivity index (χ1n) is 5.54. The maximum absolute atomic E-state index is 10.5. The zero-order valence-electron chi connectivity index (χ0n) is 10.2. The lowest BCUT2D eigenvalue weighted by molar-refractivity contribution is -0.136. The van der Waals surface area contributed by atoms with Crippen LogP contribution in [0.25, 0.3) is 0 Å². The fraction of sp³-hybridized carbons (Fsp3) is 0.583. The molecule has 0 saturated heterocycles. The van der Waals surface area contributed by atoms with Gasteiger partial charge in [-0.15, -0.1) is 11.3 Å². The summed E-state index contributed by atoms with van der Waals surface area (Å²) >= 11 is 1.51. The number of carboxylic acids is 1. The van der Waals surface area contributed by atoms with Gasteiger partial charge in [0.2, 0.25) is 0 Å². The van der Waals surface area contributed by atoms with Gasteiger partial charge in [-0.1, -0.05) is 13.8 Å². The van der Waals surface area contributed by atoms with Crippen LogP contribution in [0.3, 0.4) is 0 Å². The zero-order chi connectivity index (χ0) is 12.9. The number of hydrogen-bond donors (Lipinski definition) is 3. The van der Waals surface area contributed by atoms with Gasteiger partial charge in [-0.05, 0) is 12.1 Å². The average molecular weight is 257 g/mol. The predicted molar refractivity (Wildman–Crippen MR) is 68.2 cm³/mol. The first-order valence-corrected chi connectivity index (χ1v) is 6.35. The lowest BCUT2D eigenvalue weighted by Crippen LogP contribution is -2.31.